The van der Waals surface area contributed by atoms with E-state index in [1.165, 1.54) is 0 Å². The number of carbonyl (C=O) groups is 1. The average Bonchev–Trinajstić information content (AvgIpc) is 3.01. The highest BCUT2D eigenvalue weighted by Gasteiger charge is 2.19. The largest absolute Gasteiger partial charge is 0.464 e. The quantitative estimate of drug-likeness (QED) is 0.633. The number of carbonyl (C=O) groups excluding carboxylic acids is 1. The first-order valence-electron chi connectivity index (χ1n) is 9.58. The lowest BCUT2D eigenvalue weighted by molar-refractivity contribution is -0.122. The van der Waals surface area contributed by atoms with Crippen molar-refractivity contribution in [2.24, 2.45) is 5.92 Å². The third-order valence-electron chi connectivity index (χ3n) is 5.49. The first-order valence-corrected chi connectivity index (χ1v) is 9.58. The minimum Gasteiger partial charge on any atom is -0.464 e. The monoisotopic (exact) mass is 385 g/mol. The molecule has 2 heterocycles. The van der Waals surface area contributed by atoms with Crippen LogP contribution in [0.1, 0.15) is 42.5 Å². The predicted octanol–water partition coefficient (Wildman–Crippen LogP) is 3.53. The van der Waals surface area contributed by atoms with Gasteiger partial charge >= 0.3 is 5.63 Å². The Morgan fingerprint density at radius 2 is 1.86 bits per heavy atom. The molecule has 150 valence electrons. The Morgan fingerprint density at radius 1 is 1.14 bits per heavy atom. The van der Waals surface area contributed by atoms with Crippen molar-refractivity contribution in [1.29, 1.82) is 0 Å². The Bertz CT molecular complexity index is 1090. The fraction of sp³-hybridized carbons (Fsp3) is 0.455. The summed E-state index contributed by atoms with van der Waals surface area (Å²) in [4.78, 5) is 24.8. The van der Waals surface area contributed by atoms with Gasteiger partial charge in [0.15, 0.2) is 0 Å². The van der Waals surface area contributed by atoms with Gasteiger partial charge in [-0.1, -0.05) is 13.8 Å². The van der Waals surface area contributed by atoms with E-state index in [1.54, 1.807) is 6.26 Å². The summed E-state index contributed by atoms with van der Waals surface area (Å²) in [5, 5.41) is 14.0. The van der Waals surface area contributed by atoms with Crippen molar-refractivity contribution in [2.75, 3.05) is 6.61 Å². The van der Waals surface area contributed by atoms with Crippen LogP contribution in [0.4, 0.5) is 0 Å². The molecule has 0 aliphatic heterocycles. The predicted molar refractivity (Wildman–Crippen MR) is 109 cm³/mol. The smallest absolute Gasteiger partial charge is 0.339 e. The SMILES string of the molecule is Cc1coc2c(C)c3oc(=O)c(CCC(=O)N[C@H](CO)C(C)C)c(C)c3cc12. The van der Waals surface area contributed by atoms with Crippen LogP contribution < -0.4 is 10.9 Å². The highest BCUT2D eigenvalue weighted by molar-refractivity contribution is 5.99. The van der Waals surface area contributed by atoms with Gasteiger partial charge in [0.2, 0.25) is 5.91 Å². The zero-order valence-electron chi connectivity index (χ0n) is 17.0. The molecule has 0 aliphatic rings. The number of furan rings is 1. The molecule has 2 aromatic heterocycles. The summed E-state index contributed by atoms with van der Waals surface area (Å²) < 4.78 is 11.2. The maximum Gasteiger partial charge on any atom is 0.339 e. The Kier molecular flexibility index (Phi) is 5.61. The number of aryl methyl sites for hydroxylation is 3. The van der Waals surface area contributed by atoms with Crippen LogP contribution in [0.3, 0.4) is 0 Å². The molecule has 0 saturated carbocycles. The molecule has 1 aromatic carbocycles. The van der Waals surface area contributed by atoms with Gasteiger partial charge in [0, 0.05) is 28.3 Å². The van der Waals surface area contributed by atoms with Crippen LogP contribution in [0.15, 0.2) is 26.0 Å². The summed E-state index contributed by atoms with van der Waals surface area (Å²) in [6.45, 7) is 9.50. The molecule has 0 spiro atoms. The van der Waals surface area contributed by atoms with Crippen LogP contribution in [-0.2, 0) is 11.2 Å². The second kappa shape index (κ2) is 7.80. The Morgan fingerprint density at radius 3 is 2.50 bits per heavy atom. The van der Waals surface area contributed by atoms with Crippen molar-refractivity contribution in [3.8, 4) is 0 Å². The third-order valence-corrected chi connectivity index (χ3v) is 5.49. The lowest BCUT2D eigenvalue weighted by atomic mass is 9.98. The van der Waals surface area contributed by atoms with Crippen LogP contribution in [0, 0.1) is 26.7 Å². The van der Waals surface area contributed by atoms with Crippen LogP contribution in [-0.4, -0.2) is 23.7 Å². The summed E-state index contributed by atoms with van der Waals surface area (Å²) in [7, 11) is 0. The molecule has 2 N–H and O–H groups in total. The molecule has 0 radical (unpaired) electrons. The van der Waals surface area contributed by atoms with Gasteiger partial charge < -0.3 is 19.3 Å². The third kappa shape index (κ3) is 3.56. The molecule has 28 heavy (non-hydrogen) atoms. The molecular weight excluding hydrogens is 358 g/mol. The second-order valence-electron chi connectivity index (χ2n) is 7.77. The zero-order valence-corrected chi connectivity index (χ0v) is 17.0. The van der Waals surface area contributed by atoms with Gasteiger partial charge in [-0.15, -0.1) is 0 Å². The van der Waals surface area contributed by atoms with Gasteiger partial charge in [-0.3, -0.25) is 4.79 Å². The van der Waals surface area contributed by atoms with Gasteiger partial charge in [-0.05, 0) is 50.3 Å². The van der Waals surface area contributed by atoms with E-state index in [0.717, 1.165) is 33.0 Å². The molecule has 0 fully saturated rings. The number of aliphatic hydroxyl groups is 1. The Balaban J connectivity index is 1.94. The van der Waals surface area contributed by atoms with Gasteiger partial charge in [0.1, 0.15) is 11.2 Å². The van der Waals surface area contributed by atoms with E-state index in [-0.39, 0.29) is 37.3 Å². The van der Waals surface area contributed by atoms with Gasteiger partial charge in [-0.25, -0.2) is 4.79 Å². The lowest BCUT2D eigenvalue weighted by Crippen LogP contribution is -2.41. The lowest BCUT2D eigenvalue weighted by Gasteiger charge is -2.19. The fourth-order valence-corrected chi connectivity index (χ4v) is 3.55. The number of nitrogens with one attached hydrogen (secondary N) is 1. The summed E-state index contributed by atoms with van der Waals surface area (Å²) in [6, 6.07) is 1.69. The Labute approximate surface area is 163 Å². The zero-order chi connectivity index (χ0) is 20.6. The highest BCUT2D eigenvalue weighted by Crippen LogP contribution is 2.32. The normalized spacial score (nSPS) is 12.8. The summed E-state index contributed by atoms with van der Waals surface area (Å²) in [5.41, 5.74) is 3.98. The number of rotatable bonds is 6. The molecule has 6 heteroatoms. The average molecular weight is 385 g/mol. The Hall–Kier alpha value is -2.60. The van der Waals surface area contributed by atoms with Crippen LogP contribution >= 0.6 is 0 Å². The van der Waals surface area contributed by atoms with Gasteiger partial charge in [0.25, 0.3) is 0 Å². The van der Waals surface area contributed by atoms with Crippen molar-refractivity contribution in [1.82, 2.24) is 5.32 Å². The second-order valence-corrected chi connectivity index (χ2v) is 7.77. The number of benzene rings is 1. The minimum absolute atomic E-state index is 0.111. The maximum atomic E-state index is 12.6. The summed E-state index contributed by atoms with van der Waals surface area (Å²) in [6.07, 6.45) is 2.14. The molecule has 3 aromatic rings. The molecule has 1 amide bonds. The molecule has 0 bridgehead atoms. The van der Waals surface area contributed by atoms with E-state index in [9.17, 15) is 14.7 Å². The van der Waals surface area contributed by atoms with Crippen molar-refractivity contribution in [3.63, 3.8) is 0 Å². The van der Waals surface area contributed by atoms with E-state index in [2.05, 4.69) is 5.32 Å². The number of hydrogen-bond acceptors (Lipinski definition) is 5. The van der Waals surface area contributed by atoms with E-state index in [4.69, 9.17) is 8.83 Å². The molecule has 6 nitrogen and oxygen atoms in total. The van der Waals surface area contributed by atoms with Crippen molar-refractivity contribution < 1.29 is 18.7 Å². The van der Waals surface area contributed by atoms with E-state index < -0.39 is 5.63 Å². The number of amides is 1. The molecule has 0 aliphatic carbocycles. The van der Waals surface area contributed by atoms with Crippen molar-refractivity contribution >= 4 is 27.8 Å². The van der Waals surface area contributed by atoms with Crippen molar-refractivity contribution in [3.05, 3.63) is 45.0 Å². The van der Waals surface area contributed by atoms with Crippen LogP contribution in [0.2, 0.25) is 0 Å². The molecule has 1 atom stereocenters. The molecular formula is C22H27NO5. The van der Waals surface area contributed by atoms with E-state index in [0.29, 0.717) is 11.1 Å². The van der Waals surface area contributed by atoms with Crippen LogP contribution in [0.5, 0.6) is 0 Å². The molecule has 0 unspecified atom stereocenters. The van der Waals surface area contributed by atoms with E-state index in [1.807, 2.05) is 40.7 Å². The van der Waals surface area contributed by atoms with E-state index >= 15 is 0 Å². The molecule has 0 saturated heterocycles. The van der Waals surface area contributed by atoms with Crippen molar-refractivity contribution in [2.45, 2.75) is 53.5 Å². The number of fused-ring (bicyclic) bond motifs is 2. The first kappa shape index (κ1) is 20.1. The summed E-state index contributed by atoms with van der Waals surface area (Å²) >= 11 is 0. The molecule has 3 rings (SSSR count). The number of hydrogen-bond donors (Lipinski definition) is 2. The minimum atomic E-state index is -0.425. The number of aliphatic hydroxyl groups excluding tert-OH is 1. The van der Waals surface area contributed by atoms with Crippen LogP contribution in [0.25, 0.3) is 21.9 Å². The maximum absolute atomic E-state index is 12.6. The summed E-state index contributed by atoms with van der Waals surface area (Å²) in [5.74, 6) is -0.0611. The standard InChI is InChI=1S/C22H27NO5/c1-11(2)18(9-24)23-19(25)7-6-15-13(4)17-8-16-12(3)10-27-20(16)14(5)21(17)28-22(15)26/h8,10-11,18,24H,6-7,9H2,1-5H3,(H,23,25)/t18-/m1/s1. The fourth-order valence-electron chi connectivity index (χ4n) is 3.55. The first-order chi connectivity index (χ1) is 13.2. The topological polar surface area (TPSA) is 92.7 Å². The highest BCUT2D eigenvalue weighted by atomic mass is 16.4. The van der Waals surface area contributed by atoms with Gasteiger partial charge in [-0.2, -0.15) is 0 Å². The van der Waals surface area contributed by atoms with Gasteiger partial charge in [0.05, 0.1) is 18.9 Å².